The molecule has 8 nitrogen and oxygen atoms in total. The first-order valence-electron chi connectivity index (χ1n) is 10.9. The summed E-state index contributed by atoms with van der Waals surface area (Å²) in [7, 11) is 2.86. The third-order valence-corrected chi connectivity index (χ3v) is 6.88. The predicted molar refractivity (Wildman–Crippen MR) is 115 cm³/mol. The van der Waals surface area contributed by atoms with Gasteiger partial charge in [0.05, 0.1) is 25.0 Å². The molecule has 4 rings (SSSR count). The minimum atomic E-state index is -1.32. The van der Waals surface area contributed by atoms with Crippen LogP contribution in [0.4, 0.5) is 0 Å². The van der Waals surface area contributed by atoms with Crippen LogP contribution in [0.15, 0.2) is 35.3 Å². The molecule has 0 spiro atoms. The number of fused-ring (bicyclic) bond motifs is 3. The Morgan fingerprint density at radius 1 is 1.19 bits per heavy atom. The molecule has 3 aliphatic heterocycles. The van der Waals surface area contributed by atoms with Crippen LogP contribution in [0.5, 0.6) is 0 Å². The number of carbonyl (C=O) groups excluding carboxylic acids is 3. The Labute approximate surface area is 182 Å². The van der Waals surface area contributed by atoms with E-state index >= 15 is 0 Å². The van der Waals surface area contributed by atoms with E-state index in [1.54, 1.807) is 0 Å². The van der Waals surface area contributed by atoms with E-state index in [0.29, 0.717) is 25.6 Å². The largest absolute Gasteiger partial charge is 0.467 e. The van der Waals surface area contributed by atoms with Gasteiger partial charge in [-0.05, 0) is 18.9 Å². The fourth-order valence-corrected chi connectivity index (χ4v) is 5.55. The van der Waals surface area contributed by atoms with Gasteiger partial charge in [0, 0.05) is 33.1 Å². The number of esters is 1. The minimum absolute atomic E-state index is 0.225. The molecule has 8 heteroatoms. The third-order valence-electron chi connectivity index (χ3n) is 6.88. The van der Waals surface area contributed by atoms with Gasteiger partial charge in [0.25, 0.3) is 0 Å². The lowest BCUT2D eigenvalue weighted by Gasteiger charge is -2.40. The lowest BCUT2D eigenvalue weighted by molar-refractivity contribution is -0.158. The molecule has 1 aromatic rings. The molecule has 2 amide bonds. The van der Waals surface area contributed by atoms with Gasteiger partial charge in [-0.15, -0.1) is 0 Å². The Balaban J connectivity index is 1.94. The van der Waals surface area contributed by atoms with Crippen molar-refractivity contribution in [2.75, 3.05) is 33.8 Å². The van der Waals surface area contributed by atoms with Crippen LogP contribution in [0.25, 0.3) is 0 Å². The van der Waals surface area contributed by atoms with Crippen LogP contribution < -0.4 is 0 Å². The first-order chi connectivity index (χ1) is 14.9. The van der Waals surface area contributed by atoms with E-state index in [4.69, 9.17) is 9.73 Å². The number of imide groups is 1. The predicted octanol–water partition coefficient (Wildman–Crippen LogP) is 1.16. The molecule has 0 aliphatic carbocycles. The number of hydrogen-bond acceptors (Lipinski definition) is 5. The van der Waals surface area contributed by atoms with Crippen molar-refractivity contribution >= 4 is 23.7 Å². The maximum absolute atomic E-state index is 13.6. The average Bonchev–Trinajstić information content (AvgIpc) is 3.36. The molecule has 3 fully saturated rings. The number of likely N-dealkylation sites (N-methyl/N-ethyl adjacent to an activating group) is 1. The van der Waals surface area contributed by atoms with E-state index in [9.17, 15) is 14.4 Å². The fourth-order valence-electron chi connectivity index (χ4n) is 5.55. The first-order valence-corrected chi connectivity index (χ1v) is 10.9. The Morgan fingerprint density at radius 2 is 1.90 bits per heavy atom. The smallest absolute Gasteiger partial charge is 0.333 e. The molecule has 3 aliphatic rings. The topological polar surface area (TPSA) is 82.5 Å². The summed E-state index contributed by atoms with van der Waals surface area (Å²) in [4.78, 5) is 50.2. The number of methoxy groups -OCH3 is 1. The van der Waals surface area contributed by atoms with Gasteiger partial charge >= 0.3 is 5.97 Å². The van der Waals surface area contributed by atoms with Crippen molar-refractivity contribution in [3.8, 4) is 0 Å². The second-order valence-electron chi connectivity index (χ2n) is 8.47. The molecule has 166 valence electrons. The number of rotatable bonds is 6. The molecule has 31 heavy (non-hydrogen) atoms. The van der Waals surface area contributed by atoms with Crippen LogP contribution in [0.1, 0.15) is 25.8 Å². The molecule has 4 atom stereocenters. The lowest BCUT2D eigenvalue weighted by Crippen LogP contribution is -2.61. The van der Waals surface area contributed by atoms with Crippen LogP contribution in [0.2, 0.25) is 0 Å². The van der Waals surface area contributed by atoms with Crippen molar-refractivity contribution in [3.05, 3.63) is 35.9 Å². The average molecular weight is 427 g/mol. The van der Waals surface area contributed by atoms with Gasteiger partial charge in [0.15, 0.2) is 11.5 Å². The molecule has 0 bridgehead atoms. The number of likely N-dealkylation sites (tertiary alicyclic amines) is 1. The Kier molecular flexibility index (Phi) is 5.49. The quantitative estimate of drug-likeness (QED) is 0.502. The molecule has 1 aromatic carbocycles. The van der Waals surface area contributed by atoms with Crippen molar-refractivity contribution in [1.82, 2.24) is 14.7 Å². The summed E-state index contributed by atoms with van der Waals surface area (Å²) >= 11 is 0. The van der Waals surface area contributed by atoms with E-state index in [-0.39, 0.29) is 24.3 Å². The second kappa shape index (κ2) is 7.98. The van der Waals surface area contributed by atoms with Crippen LogP contribution >= 0.6 is 0 Å². The Bertz CT molecular complexity index is 917. The summed E-state index contributed by atoms with van der Waals surface area (Å²) in [5.74, 6) is -1.74. The van der Waals surface area contributed by atoms with Crippen LogP contribution in [-0.4, -0.2) is 83.8 Å². The monoisotopic (exact) mass is 426 g/mol. The highest BCUT2D eigenvalue weighted by Crippen LogP contribution is 2.53. The molecular formula is C23H30N4O4. The number of ether oxygens (including phenoxy) is 1. The maximum Gasteiger partial charge on any atom is 0.333 e. The standard InChI is InChI=1S/C23H30N4O4/c1-5-12-24-22-26(6-2)14-16-17-18(20(29)25(3)19(17)28)23(27(16)22,21(30)31-4)13-15-10-8-7-9-11-15/h7-11,16-18H,5-6,12-14H2,1-4H3/t16-,17+,18-,23-/m1/s1. The highest BCUT2D eigenvalue weighted by Gasteiger charge is 2.74. The number of carbonyl (C=O) groups is 3. The fraction of sp³-hybridized carbons (Fsp3) is 0.565. The van der Waals surface area contributed by atoms with E-state index in [2.05, 4.69) is 4.90 Å². The van der Waals surface area contributed by atoms with Gasteiger partial charge in [0.2, 0.25) is 11.8 Å². The molecule has 0 unspecified atom stereocenters. The number of nitrogens with zero attached hydrogens (tertiary/aromatic N) is 4. The zero-order chi connectivity index (χ0) is 22.3. The normalized spacial score (nSPS) is 30.9. The van der Waals surface area contributed by atoms with Crippen LogP contribution in [-0.2, 0) is 25.5 Å². The van der Waals surface area contributed by atoms with E-state index in [1.807, 2.05) is 49.1 Å². The van der Waals surface area contributed by atoms with Crippen molar-refractivity contribution in [3.63, 3.8) is 0 Å². The second-order valence-corrected chi connectivity index (χ2v) is 8.47. The van der Waals surface area contributed by atoms with Crippen molar-refractivity contribution in [1.29, 1.82) is 0 Å². The number of amides is 2. The van der Waals surface area contributed by atoms with Gasteiger partial charge in [-0.1, -0.05) is 37.3 Å². The van der Waals surface area contributed by atoms with Gasteiger partial charge in [-0.25, -0.2) is 4.79 Å². The summed E-state index contributed by atoms with van der Waals surface area (Å²) in [5.41, 5.74) is -0.411. The number of hydrogen-bond donors (Lipinski definition) is 0. The van der Waals surface area contributed by atoms with Gasteiger partial charge in [-0.2, -0.15) is 0 Å². The third kappa shape index (κ3) is 2.95. The number of aliphatic imine (C=N–C) groups is 1. The van der Waals surface area contributed by atoms with Gasteiger partial charge in [0.1, 0.15) is 0 Å². The number of guanidine groups is 1. The summed E-state index contributed by atoms with van der Waals surface area (Å²) in [5, 5.41) is 0. The molecule has 0 saturated carbocycles. The number of benzene rings is 1. The zero-order valence-corrected chi connectivity index (χ0v) is 18.6. The lowest BCUT2D eigenvalue weighted by atomic mass is 9.76. The van der Waals surface area contributed by atoms with E-state index in [1.165, 1.54) is 19.1 Å². The highest BCUT2D eigenvalue weighted by molar-refractivity contribution is 6.11. The summed E-state index contributed by atoms with van der Waals surface area (Å²) in [6.07, 6.45) is 1.13. The Hall–Kier alpha value is -2.90. The first kappa shape index (κ1) is 21.3. The van der Waals surface area contributed by atoms with E-state index in [0.717, 1.165) is 12.0 Å². The van der Waals surface area contributed by atoms with Gasteiger partial charge < -0.3 is 14.5 Å². The van der Waals surface area contributed by atoms with E-state index < -0.39 is 23.3 Å². The molecule has 3 heterocycles. The highest BCUT2D eigenvalue weighted by atomic mass is 16.5. The molecule has 3 saturated heterocycles. The zero-order valence-electron chi connectivity index (χ0n) is 18.6. The SMILES string of the molecule is CCCN=C1N(CC)C[C@@H]2[C@@H]3C(=O)N(C)C(=O)[C@@H]3[C@](Cc3ccccc3)(C(=O)OC)N12. The summed E-state index contributed by atoms with van der Waals surface area (Å²) in [6.45, 7) is 5.94. The van der Waals surface area contributed by atoms with Crippen LogP contribution in [0.3, 0.4) is 0 Å². The van der Waals surface area contributed by atoms with Crippen LogP contribution in [0, 0.1) is 11.8 Å². The summed E-state index contributed by atoms with van der Waals surface area (Å²) in [6, 6.07) is 9.31. The van der Waals surface area contributed by atoms with Crippen molar-refractivity contribution < 1.29 is 19.1 Å². The minimum Gasteiger partial charge on any atom is -0.467 e. The molecule has 0 N–H and O–H groups in total. The summed E-state index contributed by atoms with van der Waals surface area (Å²) < 4.78 is 5.33. The molecule has 0 aromatic heterocycles. The van der Waals surface area contributed by atoms with Gasteiger partial charge in [-0.3, -0.25) is 19.5 Å². The van der Waals surface area contributed by atoms with Crippen molar-refractivity contribution in [2.45, 2.75) is 38.3 Å². The maximum atomic E-state index is 13.6. The van der Waals surface area contributed by atoms with Crippen molar-refractivity contribution in [2.24, 2.45) is 16.8 Å². The molecular weight excluding hydrogens is 396 g/mol. The Morgan fingerprint density at radius 3 is 2.52 bits per heavy atom. The molecule has 0 radical (unpaired) electrons.